The molecule has 0 saturated heterocycles. The molecule has 0 bridgehead atoms. The molecule has 0 saturated carbocycles. The largest absolute Gasteiger partial charge is 0.307 e. The monoisotopic (exact) mass is 213 g/mol. The van der Waals surface area contributed by atoms with Crippen molar-refractivity contribution in [3.05, 3.63) is 47.3 Å². The number of carbonyl (C=O) groups is 1. The summed E-state index contributed by atoms with van der Waals surface area (Å²) in [7, 11) is 0. The minimum Gasteiger partial charge on any atom is -0.307 e. The SMILES string of the molecule is O=Cc1c2c(nn1-c1ccccc1)CNC2. The maximum absolute atomic E-state index is 11.1. The van der Waals surface area contributed by atoms with Gasteiger partial charge in [-0.1, -0.05) is 18.2 Å². The lowest BCUT2D eigenvalue weighted by Crippen LogP contribution is -2.08. The van der Waals surface area contributed by atoms with Gasteiger partial charge in [0, 0.05) is 18.7 Å². The molecular weight excluding hydrogens is 202 g/mol. The molecule has 0 amide bonds. The highest BCUT2D eigenvalue weighted by Gasteiger charge is 2.21. The lowest BCUT2D eigenvalue weighted by atomic mass is 10.2. The van der Waals surface area contributed by atoms with E-state index in [9.17, 15) is 4.79 Å². The highest BCUT2D eigenvalue weighted by atomic mass is 16.1. The Bertz CT molecular complexity index is 531. The van der Waals surface area contributed by atoms with Gasteiger partial charge >= 0.3 is 0 Å². The molecule has 3 rings (SSSR count). The fourth-order valence-corrected chi connectivity index (χ4v) is 2.04. The molecule has 4 nitrogen and oxygen atoms in total. The number of benzene rings is 1. The molecule has 2 aromatic rings. The zero-order chi connectivity index (χ0) is 11.0. The van der Waals surface area contributed by atoms with Gasteiger partial charge < -0.3 is 5.32 Å². The second-order valence-corrected chi connectivity index (χ2v) is 3.78. The third-order valence-corrected chi connectivity index (χ3v) is 2.81. The number of para-hydroxylation sites is 1. The van der Waals surface area contributed by atoms with Gasteiger partial charge in [-0.05, 0) is 12.1 Å². The Morgan fingerprint density at radius 2 is 2.06 bits per heavy atom. The van der Waals surface area contributed by atoms with Crippen LogP contribution in [0.1, 0.15) is 21.7 Å². The van der Waals surface area contributed by atoms with Crippen LogP contribution in [0.2, 0.25) is 0 Å². The van der Waals surface area contributed by atoms with Gasteiger partial charge in [0.2, 0.25) is 0 Å². The van der Waals surface area contributed by atoms with Crippen molar-refractivity contribution in [1.82, 2.24) is 15.1 Å². The number of rotatable bonds is 2. The van der Waals surface area contributed by atoms with Crippen LogP contribution in [0, 0.1) is 0 Å². The molecule has 4 heteroatoms. The Hall–Kier alpha value is -1.94. The summed E-state index contributed by atoms with van der Waals surface area (Å²) in [5.41, 5.74) is 3.59. The van der Waals surface area contributed by atoms with Crippen molar-refractivity contribution in [2.45, 2.75) is 13.1 Å². The number of hydrogen-bond acceptors (Lipinski definition) is 3. The van der Waals surface area contributed by atoms with Crippen molar-refractivity contribution in [2.24, 2.45) is 0 Å². The maximum atomic E-state index is 11.1. The Kier molecular flexibility index (Phi) is 2.08. The summed E-state index contributed by atoms with van der Waals surface area (Å²) in [4.78, 5) is 11.1. The lowest BCUT2D eigenvalue weighted by Gasteiger charge is -2.04. The van der Waals surface area contributed by atoms with E-state index in [4.69, 9.17) is 0 Å². The van der Waals surface area contributed by atoms with E-state index in [1.54, 1.807) is 4.68 Å². The van der Waals surface area contributed by atoms with Crippen molar-refractivity contribution in [1.29, 1.82) is 0 Å². The molecule has 0 radical (unpaired) electrons. The van der Waals surface area contributed by atoms with E-state index in [0.29, 0.717) is 5.69 Å². The first-order valence-corrected chi connectivity index (χ1v) is 5.22. The quantitative estimate of drug-likeness (QED) is 0.764. The molecule has 1 aliphatic rings. The third kappa shape index (κ3) is 1.27. The van der Waals surface area contributed by atoms with Crippen LogP contribution in [0.25, 0.3) is 5.69 Å². The van der Waals surface area contributed by atoms with Crippen LogP contribution in [-0.2, 0) is 13.1 Å². The predicted molar refractivity (Wildman–Crippen MR) is 59.5 cm³/mol. The van der Waals surface area contributed by atoms with Gasteiger partial charge in [0.25, 0.3) is 0 Å². The summed E-state index contributed by atoms with van der Waals surface area (Å²) < 4.78 is 1.72. The first kappa shape index (κ1) is 9.30. The molecule has 0 spiro atoms. The minimum atomic E-state index is 0.659. The van der Waals surface area contributed by atoms with Gasteiger partial charge in [-0.25, -0.2) is 4.68 Å². The Morgan fingerprint density at radius 3 is 2.81 bits per heavy atom. The number of aromatic nitrogens is 2. The molecule has 1 aromatic carbocycles. The van der Waals surface area contributed by atoms with Crippen LogP contribution >= 0.6 is 0 Å². The summed E-state index contributed by atoms with van der Waals surface area (Å²) in [6, 6.07) is 9.72. The summed E-state index contributed by atoms with van der Waals surface area (Å²) in [5.74, 6) is 0. The first-order chi connectivity index (χ1) is 7.90. The van der Waals surface area contributed by atoms with E-state index in [2.05, 4.69) is 10.4 Å². The first-order valence-electron chi connectivity index (χ1n) is 5.22. The average molecular weight is 213 g/mol. The third-order valence-electron chi connectivity index (χ3n) is 2.81. The zero-order valence-electron chi connectivity index (χ0n) is 8.68. The van der Waals surface area contributed by atoms with E-state index >= 15 is 0 Å². The van der Waals surface area contributed by atoms with E-state index in [-0.39, 0.29) is 0 Å². The number of fused-ring (bicyclic) bond motifs is 1. The number of nitrogens with one attached hydrogen (secondary N) is 1. The van der Waals surface area contributed by atoms with Gasteiger partial charge in [-0.2, -0.15) is 5.10 Å². The van der Waals surface area contributed by atoms with Crippen molar-refractivity contribution >= 4 is 6.29 Å². The molecule has 80 valence electrons. The van der Waals surface area contributed by atoms with Crippen LogP contribution in [-0.4, -0.2) is 16.1 Å². The Labute approximate surface area is 92.9 Å². The van der Waals surface area contributed by atoms with Crippen molar-refractivity contribution in [3.63, 3.8) is 0 Å². The molecule has 1 aromatic heterocycles. The summed E-state index contributed by atoms with van der Waals surface area (Å²) in [5, 5.41) is 7.64. The summed E-state index contributed by atoms with van der Waals surface area (Å²) in [6.45, 7) is 1.48. The summed E-state index contributed by atoms with van der Waals surface area (Å²) in [6.07, 6.45) is 0.881. The molecule has 0 unspecified atom stereocenters. The number of aldehydes is 1. The number of carbonyl (C=O) groups excluding carboxylic acids is 1. The smallest absolute Gasteiger partial charge is 0.168 e. The Balaban J connectivity index is 2.19. The van der Waals surface area contributed by atoms with Gasteiger partial charge in [0.1, 0.15) is 5.69 Å². The lowest BCUT2D eigenvalue weighted by molar-refractivity contribution is 0.111. The van der Waals surface area contributed by atoms with E-state index in [0.717, 1.165) is 36.3 Å². The van der Waals surface area contributed by atoms with Crippen LogP contribution in [0.5, 0.6) is 0 Å². The molecule has 16 heavy (non-hydrogen) atoms. The predicted octanol–water partition coefficient (Wildman–Crippen LogP) is 1.29. The number of hydrogen-bond donors (Lipinski definition) is 1. The topological polar surface area (TPSA) is 46.9 Å². The van der Waals surface area contributed by atoms with Gasteiger partial charge in [-0.15, -0.1) is 0 Å². The van der Waals surface area contributed by atoms with Gasteiger partial charge in [-0.3, -0.25) is 4.79 Å². The van der Waals surface area contributed by atoms with Crippen LogP contribution in [0.3, 0.4) is 0 Å². The molecule has 2 heterocycles. The molecular formula is C12H11N3O. The standard InChI is InChI=1S/C12H11N3O/c16-8-12-10-6-13-7-11(10)14-15(12)9-4-2-1-3-5-9/h1-5,8,13H,6-7H2. The normalized spacial score (nSPS) is 13.8. The highest BCUT2D eigenvalue weighted by Crippen LogP contribution is 2.20. The van der Waals surface area contributed by atoms with Crippen LogP contribution in [0.15, 0.2) is 30.3 Å². The minimum absolute atomic E-state index is 0.659. The second kappa shape index (κ2) is 3.57. The molecule has 1 N–H and O–H groups in total. The van der Waals surface area contributed by atoms with Crippen molar-refractivity contribution < 1.29 is 4.79 Å². The van der Waals surface area contributed by atoms with Crippen LogP contribution in [0.4, 0.5) is 0 Å². The van der Waals surface area contributed by atoms with E-state index in [1.165, 1.54) is 0 Å². The number of nitrogens with zero attached hydrogens (tertiary/aromatic N) is 2. The summed E-state index contributed by atoms with van der Waals surface area (Å²) >= 11 is 0. The fourth-order valence-electron chi connectivity index (χ4n) is 2.04. The van der Waals surface area contributed by atoms with Crippen LogP contribution < -0.4 is 5.32 Å². The van der Waals surface area contributed by atoms with E-state index < -0.39 is 0 Å². The average Bonchev–Trinajstić information content (AvgIpc) is 2.89. The maximum Gasteiger partial charge on any atom is 0.168 e. The van der Waals surface area contributed by atoms with E-state index in [1.807, 2.05) is 30.3 Å². The van der Waals surface area contributed by atoms with Crippen molar-refractivity contribution in [3.8, 4) is 5.69 Å². The Morgan fingerprint density at radius 1 is 1.25 bits per heavy atom. The second-order valence-electron chi connectivity index (χ2n) is 3.78. The zero-order valence-corrected chi connectivity index (χ0v) is 8.68. The fraction of sp³-hybridized carbons (Fsp3) is 0.167. The molecule has 1 aliphatic heterocycles. The molecule has 0 fully saturated rings. The van der Waals surface area contributed by atoms with Gasteiger partial charge in [0.05, 0.1) is 11.4 Å². The van der Waals surface area contributed by atoms with Crippen molar-refractivity contribution in [2.75, 3.05) is 0 Å². The molecule has 0 aliphatic carbocycles. The molecule has 0 atom stereocenters. The highest BCUT2D eigenvalue weighted by molar-refractivity contribution is 5.76. The van der Waals surface area contributed by atoms with Gasteiger partial charge in [0.15, 0.2) is 6.29 Å².